The van der Waals surface area contributed by atoms with Gasteiger partial charge in [-0.3, -0.25) is 10.6 Å². The lowest BCUT2D eigenvalue weighted by atomic mass is 10.1. The number of halogens is 1. The van der Waals surface area contributed by atoms with Gasteiger partial charge in [0.25, 0.3) is 0 Å². The highest BCUT2D eigenvalue weighted by atomic mass is 127. The minimum Gasteiger partial charge on any atom is -0.727 e. The molecule has 354 valence electrons. The van der Waals surface area contributed by atoms with Gasteiger partial charge in [0, 0.05) is 73.2 Å². The topological polar surface area (TPSA) is 214 Å². The maximum Gasteiger partial charge on any atom is 0.139 e. The van der Waals surface area contributed by atoms with Crippen LogP contribution in [0.5, 0.6) is 0 Å². The van der Waals surface area contributed by atoms with Crippen molar-refractivity contribution in [2.75, 3.05) is 17.2 Å². The maximum atomic E-state index is 8.78. The molecule has 0 saturated carbocycles. The van der Waals surface area contributed by atoms with Crippen molar-refractivity contribution in [3.8, 4) is 48.2 Å². The van der Waals surface area contributed by atoms with Gasteiger partial charge in [0.1, 0.15) is 23.3 Å². The molecule has 3 heterocycles. The molecule has 0 amide bonds. The van der Waals surface area contributed by atoms with Gasteiger partial charge < -0.3 is 41.6 Å². The van der Waals surface area contributed by atoms with E-state index in [1.165, 1.54) is 5.39 Å². The van der Waals surface area contributed by atoms with E-state index >= 15 is 0 Å². The largest absolute Gasteiger partial charge is 0.727 e. The molecule has 9 N–H and O–H groups in total. The Kier molecular flexibility index (Phi) is 21.2. The molecule has 18 heteroatoms. The van der Waals surface area contributed by atoms with Crippen molar-refractivity contribution in [2.45, 2.75) is 0 Å². The molecule has 0 radical (unpaired) electrons. The Hall–Kier alpha value is -7.26. The third-order valence-corrected chi connectivity index (χ3v) is 24.1. The van der Waals surface area contributed by atoms with Crippen molar-refractivity contribution in [3.63, 3.8) is 0 Å². The van der Waals surface area contributed by atoms with Crippen molar-refractivity contribution < 1.29 is 0 Å². The predicted octanol–water partition coefficient (Wildman–Crippen LogP) is 9.53. The fourth-order valence-corrected chi connectivity index (χ4v) is 6.67. The zero-order valence-corrected chi connectivity index (χ0v) is 45.3. The number of terminal acetylenes is 1. The predicted molar refractivity (Wildman–Crippen MR) is 322 cm³/mol. The molecule has 3 aromatic heterocycles. The number of benzene rings is 6. The number of nitrogens with one attached hydrogen (secondary N) is 1. The molecule has 0 spiro atoms. The Bertz CT molecular complexity index is 3860. The van der Waals surface area contributed by atoms with Crippen molar-refractivity contribution >= 4 is 147 Å². The summed E-state index contributed by atoms with van der Waals surface area (Å²) in [6.07, 6.45) is 10.4. The van der Waals surface area contributed by atoms with E-state index in [2.05, 4.69) is 136 Å². The van der Waals surface area contributed by atoms with Gasteiger partial charge in [-0.2, -0.15) is 10.5 Å². The SMILES string of the molecule is C#Cc1ccc(C#N)cc1.N#Cc1ccc(C#Cc2c(N)ncc3ccccc23)cc1.N=C(N)c1ccc(C#Cc2c(N)ncc3ccccc23)cc1.Nc1ncc2ccccc2c1I.S=[S-](=S)S(=S)(=S)[S-]. The fraction of sp³-hybridized carbons (Fsp3) is 0. The molecule has 72 heavy (non-hydrogen) atoms. The van der Waals surface area contributed by atoms with E-state index in [4.69, 9.17) is 45.3 Å². The van der Waals surface area contributed by atoms with Gasteiger partial charge in [0.15, 0.2) is 0 Å². The number of anilines is 3. The highest BCUT2D eigenvalue weighted by Crippen LogP contribution is 2.24. The summed E-state index contributed by atoms with van der Waals surface area (Å²) in [4.78, 5) is 12.4. The third kappa shape index (κ3) is 16.4. The Labute approximate surface area is 456 Å². The number of hydrogen-bond acceptors (Lipinski definition) is 15. The molecule has 0 saturated heterocycles. The van der Waals surface area contributed by atoms with Crippen LogP contribution in [0.1, 0.15) is 44.5 Å². The summed E-state index contributed by atoms with van der Waals surface area (Å²) in [5.41, 5.74) is 28.9. The fourth-order valence-electron chi connectivity index (χ4n) is 6.04. The van der Waals surface area contributed by atoms with Crippen LogP contribution in [0.25, 0.3) is 32.3 Å². The zero-order valence-electron chi connectivity index (χ0n) is 37.4. The minimum absolute atomic E-state index is 0.0435. The lowest BCUT2D eigenvalue weighted by Crippen LogP contribution is -2.10. The maximum absolute atomic E-state index is 8.78. The van der Waals surface area contributed by atoms with E-state index in [9.17, 15) is 0 Å². The molecular weight excluding hydrogens is 1140 g/mol. The van der Waals surface area contributed by atoms with Gasteiger partial charge in [-0.15, -0.1) is 6.42 Å². The monoisotopic (exact) mass is 1180 g/mol. The number of rotatable bonds is 2. The minimum atomic E-state index is -1.83. The molecule has 6 aromatic carbocycles. The smallest absolute Gasteiger partial charge is 0.139 e. The van der Waals surface area contributed by atoms with E-state index in [1.807, 2.05) is 97.1 Å². The van der Waals surface area contributed by atoms with E-state index in [-0.39, 0.29) is 5.84 Å². The zero-order chi connectivity index (χ0) is 52.2. The van der Waals surface area contributed by atoms with E-state index < -0.39 is 12.3 Å². The van der Waals surface area contributed by atoms with Crippen LogP contribution in [-0.2, 0) is 68.7 Å². The molecule has 0 aliphatic carbocycles. The highest BCUT2D eigenvalue weighted by molar-refractivity contribution is 14.1. The third-order valence-electron chi connectivity index (χ3n) is 9.64. The van der Waals surface area contributed by atoms with Gasteiger partial charge in [0.05, 0.1) is 38.0 Å². The number of hydrogen-bond donors (Lipinski definition) is 5. The summed E-state index contributed by atoms with van der Waals surface area (Å²) in [6.45, 7) is 0. The van der Waals surface area contributed by atoms with Crippen molar-refractivity contribution in [2.24, 2.45) is 5.73 Å². The summed E-state index contributed by atoms with van der Waals surface area (Å²) >= 11 is 25.3. The second-order valence-electron chi connectivity index (χ2n) is 14.4. The number of nitriles is 2. The number of amidine groups is 1. The summed E-state index contributed by atoms with van der Waals surface area (Å²) < 4.78 is 1.03. The first kappa shape index (κ1) is 55.7. The van der Waals surface area contributed by atoms with E-state index in [1.54, 1.807) is 67.1 Å². The van der Waals surface area contributed by atoms with Crippen LogP contribution >= 0.6 is 22.6 Å². The lowest BCUT2D eigenvalue weighted by Gasteiger charge is -2.18. The number of nitrogens with zero attached hydrogens (tertiary/aromatic N) is 5. The Morgan fingerprint density at radius 1 is 0.556 bits per heavy atom. The molecule has 10 nitrogen and oxygen atoms in total. The number of nitrogen functional groups attached to an aromatic ring is 4. The van der Waals surface area contributed by atoms with Crippen LogP contribution in [0.3, 0.4) is 0 Å². The molecule has 0 unspecified atom stereocenters. The van der Waals surface area contributed by atoms with E-state index in [0.29, 0.717) is 34.1 Å². The molecule has 0 fully saturated rings. The molecule has 0 atom stereocenters. The Balaban J connectivity index is 0.000000177. The number of fused-ring (bicyclic) bond motifs is 3. The summed E-state index contributed by atoms with van der Waals surface area (Å²) in [7, 11) is -0.738. The summed E-state index contributed by atoms with van der Waals surface area (Å²) in [5.74, 6) is 16.3. The first-order valence-corrected chi connectivity index (χ1v) is 29.7. The summed E-state index contributed by atoms with van der Waals surface area (Å²) in [5, 5.41) is 29.0. The highest BCUT2D eigenvalue weighted by Gasteiger charge is 2.06. The van der Waals surface area contributed by atoms with Gasteiger partial charge in [0.2, 0.25) is 0 Å². The van der Waals surface area contributed by atoms with Gasteiger partial charge in [-0.1, -0.05) is 137 Å². The van der Waals surface area contributed by atoms with Crippen LogP contribution in [0, 0.1) is 67.7 Å². The van der Waals surface area contributed by atoms with Crippen LogP contribution in [0.2, 0.25) is 0 Å². The van der Waals surface area contributed by atoms with E-state index in [0.717, 1.165) is 58.3 Å². The molecule has 9 aromatic rings. The Morgan fingerprint density at radius 3 is 1.26 bits per heavy atom. The van der Waals surface area contributed by atoms with Crippen LogP contribution in [0.4, 0.5) is 17.5 Å². The molecule has 0 aliphatic heterocycles. The number of aromatic nitrogens is 3. The number of nitrogens with two attached hydrogens (primary N) is 4. The average Bonchev–Trinajstić information content (AvgIpc) is 3.40. The molecule has 9 rings (SSSR count). The first-order valence-electron chi connectivity index (χ1n) is 20.6. The molecule has 0 aliphatic rings. The van der Waals surface area contributed by atoms with Crippen molar-refractivity contribution in [1.82, 2.24) is 15.0 Å². The quantitative estimate of drug-likeness (QED) is 0.0272. The second kappa shape index (κ2) is 27.4. The average molecular weight is 1180 g/mol. The first-order chi connectivity index (χ1) is 34.5. The molecular formula is C54H37IN10S7-2. The number of pyridine rings is 3. The summed E-state index contributed by atoms with van der Waals surface area (Å²) in [6, 6.07) is 49.2. The second-order valence-corrected chi connectivity index (χ2v) is 31.4. The van der Waals surface area contributed by atoms with Crippen molar-refractivity contribution in [1.29, 1.82) is 15.9 Å². The molecule has 0 bridgehead atoms. The van der Waals surface area contributed by atoms with Crippen LogP contribution < -0.4 is 22.9 Å². The lowest BCUT2D eigenvalue weighted by molar-refractivity contribution is 1.35. The van der Waals surface area contributed by atoms with Crippen molar-refractivity contribution in [3.05, 3.63) is 212 Å². The van der Waals surface area contributed by atoms with Gasteiger partial charge in [-0.25, -0.2) is 37.3 Å². The van der Waals surface area contributed by atoms with Gasteiger partial charge >= 0.3 is 0 Å². The Morgan fingerprint density at radius 2 is 0.889 bits per heavy atom. The van der Waals surface area contributed by atoms with Crippen LogP contribution in [0.15, 0.2) is 164 Å². The normalized spacial score (nSPS) is 9.89. The van der Waals surface area contributed by atoms with Crippen LogP contribution in [-0.4, -0.2) is 20.8 Å². The standard InChI is InChI=1S/C18H14N4.C18H11N3.C9H7IN2.C9H5N.HS7/c19-17(20)13-8-5-12(6-9-13)7-10-16-15-4-2-1-3-14(15)11-22-18(16)21;19-11-14-7-5-13(6-8-14)9-10-17-16-4-2-1-3-15(16)12-21-18(17)20;10-8-7-4-2-1-3-6(7)5-12-9(8)11;1-2-8-3-5-9(7-10)6-4-8;1-6(2)7(3,4)5/h1-6,8-9,11H,(H3,19,20)(H2,21,22);1-8,12H,(H2,20,21);1-5H,(H2,11,12);1,3-6H;(H,3,4,5)/q;;;;-1/p-1. The van der Waals surface area contributed by atoms with Gasteiger partial charge in [-0.05, 0) is 83.3 Å².